The van der Waals surface area contributed by atoms with Crippen molar-refractivity contribution in [2.45, 2.75) is 20.4 Å². The Hall–Kier alpha value is -2.82. The van der Waals surface area contributed by atoms with Crippen LogP contribution in [0.15, 0.2) is 18.2 Å². The van der Waals surface area contributed by atoms with Crippen molar-refractivity contribution >= 4 is 23.7 Å². The molecule has 0 saturated carbocycles. The summed E-state index contributed by atoms with van der Waals surface area (Å²) in [5, 5.41) is 13.2. The van der Waals surface area contributed by atoms with E-state index in [1.165, 1.54) is 11.1 Å². The minimum absolute atomic E-state index is 0.110. The van der Waals surface area contributed by atoms with Crippen LogP contribution >= 0.6 is 11.6 Å². The summed E-state index contributed by atoms with van der Waals surface area (Å²) in [5.41, 5.74) is 0.589. The quantitative estimate of drug-likeness (QED) is 0.304. The Morgan fingerprint density at radius 3 is 2.75 bits per heavy atom. The number of nitrogens with one attached hydrogen (secondary N) is 2. The number of rotatable bonds is 8. The Morgan fingerprint density at radius 2 is 2.25 bits per heavy atom. The van der Waals surface area contributed by atoms with Gasteiger partial charge in [0.2, 0.25) is 6.79 Å². The summed E-state index contributed by atoms with van der Waals surface area (Å²) in [6.45, 7) is 2.79. The SMILES string of the molecule is CCN(Cc1cnc(Cl)[nH]1)/C(=C/[N+](=O)[O-])NC(=O)OCOC(C)=O. The number of nitrogens with zero attached hydrogens (tertiary/aromatic N) is 3. The molecule has 0 spiro atoms. The van der Waals surface area contributed by atoms with Gasteiger partial charge >= 0.3 is 12.1 Å². The third-order valence-electron chi connectivity index (χ3n) is 2.59. The number of halogens is 1. The topological polar surface area (TPSA) is 140 Å². The molecule has 1 rings (SSSR count). The van der Waals surface area contributed by atoms with Gasteiger partial charge in [-0.15, -0.1) is 0 Å². The van der Waals surface area contributed by atoms with Crippen LogP contribution in [0.2, 0.25) is 5.28 Å². The van der Waals surface area contributed by atoms with Gasteiger partial charge in [0.15, 0.2) is 11.1 Å². The maximum absolute atomic E-state index is 11.6. The number of hydrogen-bond donors (Lipinski definition) is 2. The average molecular weight is 362 g/mol. The molecule has 0 aliphatic carbocycles. The minimum atomic E-state index is -1.01. The molecular formula is C12H16ClN5O6. The summed E-state index contributed by atoms with van der Waals surface area (Å²) in [4.78, 5) is 40.3. The number of esters is 1. The number of carbonyl (C=O) groups is 2. The van der Waals surface area contributed by atoms with E-state index in [4.69, 9.17) is 11.6 Å². The van der Waals surface area contributed by atoms with Crippen LogP contribution in [0.1, 0.15) is 19.5 Å². The molecule has 11 nitrogen and oxygen atoms in total. The summed E-state index contributed by atoms with van der Waals surface area (Å²) in [5.74, 6) is -0.740. The Balaban J connectivity index is 2.76. The first-order valence-corrected chi connectivity index (χ1v) is 7.06. The second kappa shape index (κ2) is 9.35. The largest absolute Gasteiger partial charge is 0.428 e. The van der Waals surface area contributed by atoms with Crippen LogP contribution in [0, 0.1) is 10.1 Å². The fourth-order valence-electron chi connectivity index (χ4n) is 1.58. The molecule has 2 N–H and O–H groups in total. The molecule has 1 aromatic heterocycles. The van der Waals surface area contributed by atoms with E-state index in [9.17, 15) is 19.7 Å². The molecule has 1 amide bonds. The second-order valence-corrected chi connectivity index (χ2v) is 4.68. The molecule has 0 aliphatic heterocycles. The van der Waals surface area contributed by atoms with Crippen molar-refractivity contribution in [3.63, 3.8) is 0 Å². The number of H-pyrrole nitrogens is 1. The van der Waals surface area contributed by atoms with Crippen LogP contribution in [0.4, 0.5) is 4.79 Å². The van der Waals surface area contributed by atoms with E-state index < -0.39 is 23.8 Å². The molecule has 0 atom stereocenters. The van der Waals surface area contributed by atoms with Gasteiger partial charge in [-0.2, -0.15) is 0 Å². The van der Waals surface area contributed by atoms with Crippen molar-refractivity contribution in [2.24, 2.45) is 0 Å². The molecule has 0 aliphatic rings. The maximum atomic E-state index is 11.6. The van der Waals surface area contributed by atoms with Crippen molar-refractivity contribution in [3.05, 3.63) is 39.3 Å². The first-order valence-electron chi connectivity index (χ1n) is 6.68. The zero-order valence-corrected chi connectivity index (χ0v) is 13.7. The van der Waals surface area contributed by atoms with Gasteiger partial charge in [-0.25, -0.2) is 9.78 Å². The average Bonchev–Trinajstić information content (AvgIpc) is 2.88. The molecular weight excluding hydrogens is 346 g/mol. The number of carbonyl (C=O) groups excluding carboxylic acids is 2. The summed E-state index contributed by atoms with van der Waals surface area (Å²) in [6.07, 6.45) is 1.08. The van der Waals surface area contributed by atoms with Crippen LogP contribution in [-0.2, 0) is 20.8 Å². The van der Waals surface area contributed by atoms with E-state index in [0.29, 0.717) is 18.4 Å². The number of aromatic amines is 1. The van der Waals surface area contributed by atoms with E-state index in [-0.39, 0.29) is 17.6 Å². The first-order chi connectivity index (χ1) is 11.3. The van der Waals surface area contributed by atoms with Gasteiger partial charge in [0.1, 0.15) is 0 Å². The molecule has 0 aromatic carbocycles. The molecule has 24 heavy (non-hydrogen) atoms. The van der Waals surface area contributed by atoms with Crippen LogP contribution in [0.3, 0.4) is 0 Å². The summed E-state index contributed by atoms with van der Waals surface area (Å²) in [6, 6.07) is 0. The van der Waals surface area contributed by atoms with E-state index >= 15 is 0 Å². The lowest BCUT2D eigenvalue weighted by Crippen LogP contribution is -2.36. The molecule has 1 heterocycles. The first kappa shape index (κ1) is 19.2. The molecule has 12 heteroatoms. The summed E-state index contributed by atoms with van der Waals surface area (Å²) < 4.78 is 9.03. The fraction of sp³-hybridized carbons (Fsp3) is 0.417. The standard InChI is InChI=1S/C12H16ClN5O6/c1-3-17(5-9-4-14-11(13)15-9)10(6-18(21)22)16-12(20)24-7-23-8(2)19/h4,6H,3,5,7H2,1-2H3,(H,14,15)(H,16,20)/b10-6+. The Bertz CT molecular complexity index is 631. The number of alkyl carbamates (subject to hydrolysis) is 1. The zero-order chi connectivity index (χ0) is 18.1. The van der Waals surface area contributed by atoms with Crippen LogP contribution in [0.5, 0.6) is 0 Å². The second-order valence-electron chi connectivity index (χ2n) is 4.32. The van der Waals surface area contributed by atoms with Gasteiger partial charge < -0.3 is 19.4 Å². The van der Waals surface area contributed by atoms with Gasteiger partial charge in [0.05, 0.1) is 23.4 Å². The maximum Gasteiger partial charge on any atom is 0.415 e. The summed E-state index contributed by atoms with van der Waals surface area (Å²) in [7, 11) is 0. The molecule has 0 unspecified atom stereocenters. The third kappa shape index (κ3) is 6.96. The van der Waals surface area contributed by atoms with Crippen LogP contribution < -0.4 is 5.32 Å². The fourth-order valence-corrected chi connectivity index (χ4v) is 1.75. The highest BCUT2D eigenvalue weighted by molar-refractivity contribution is 6.28. The Labute approximate surface area is 141 Å². The number of imidazole rings is 1. The zero-order valence-electron chi connectivity index (χ0n) is 12.9. The number of aromatic nitrogens is 2. The van der Waals surface area contributed by atoms with Gasteiger partial charge in [0, 0.05) is 13.5 Å². The number of hydrogen-bond acceptors (Lipinski definition) is 8. The molecule has 132 valence electrons. The van der Waals surface area contributed by atoms with E-state index in [0.717, 1.165) is 6.92 Å². The van der Waals surface area contributed by atoms with Crippen molar-refractivity contribution in [2.75, 3.05) is 13.3 Å². The lowest BCUT2D eigenvalue weighted by Gasteiger charge is -2.23. The van der Waals surface area contributed by atoms with Crippen molar-refractivity contribution < 1.29 is 24.0 Å². The lowest BCUT2D eigenvalue weighted by atomic mass is 10.4. The van der Waals surface area contributed by atoms with E-state index in [1.54, 1.807) is 6.92 Å². The molecule has 0 fully saturated rings. The minimum Gasteiger partial charge on any atom is -0.428 e. The van der Waals surface area contributed by atoms with Gasteiger partial charge in [-0.05, 0) is 18.5 Å². The molecule has 0 saturated heterocycles. The number of ether oxygens (including phenoxy) is 2. The Kier molecular flexibility index (Phi) is 7.49. The highest BCUT2D eigenvalue weighted by Gasteiger charge is 2.17. The molecule has 0 bridgehead atoms. The normalized spacial score (nSPS) is 10.9. The van der Waals surface area contributed by atoms with Crippen molar-refractivity contribution in [1.82, 2.24) is 20.2 Å². The predicted octanol–water partition coefficient (Wildman–Crippen LogP) is 1.21. The Morgan fingerprint density at radius 1 is 1.54 bits per heavy atom. The third-order valence-corrected chi connectivity index (χ3v) is 2.78. The van der Waals surface area contributed by atoms with E-state index in [1.807, 2.05) is 0 Å². The highest BCUT2D eigenvalue weighted by atomic mass is 35.5. The van der Waals surface area contributed by atoms with Gasteiger partial charge in [0.25, 0.3) is 6.20 Å². The van der Waals surface area contributed by atoms with Crippen LogP contribution in [-0.4, -0.2) is 45.2 Å². The smallest absolute Gasteiger partial charge is 0.415 e. The van der Waals surface area contributed by atoms with Gasteiger partial charge in [-0.1, -0.05) is 0 Å². The van der Waals surface area contributed by atoms with E-state index in [2.05, 4.69) is 24.8 Å². The molecule has 0 radical (unpaired) electrons. The number of nitro groups is 1. The monoisotopic (exact) mass is 361 g/mol. The molecule has 1 aromatic rings. The highest BCUT2D eigenvalue weighted by Crippen LogP contribution is 2.10. The van der Waals surface area contributed by atoms with Gasteiger partial charge in [-0.3, -0.25) is 20.2 Å². The lowest BCUT2D eigenvalue weighted by molar-refractivity contribution is -0.404. The number of amides is 1. The van der Waals surface area contributed by atoms with Crippen molar-refractivity contribution in [1.29, 1.82) is 0 Å². The summed E-state index contributed by atoms with van der Waals surface area (Å²) >= 11 is 5.68. The predicted molar refractivity (Wildman–Crippen MR) is 81.0 cm³/mol. The van der Waals surface area contributed by atoms with Crippen LogP contribution in [0.25, 0.3) is 0 Å². The van der Waals surface area contributed by atoms with Crippen molar-refractivity contribution in [3.8, 4) is 0 Å².